The van der Waals surface area contributed by atoms with E-state index < -0.39 is 12.2 Å². The van der Waals surface area contributed by atoms with E-state index in [1.807, 2.05) is 14.0 Å². The van der Waals surface area contributed by atoms with E-state index in [-0.39, 0.29) is 17.9 Å². The molecule has 2 aromatic rings. The van der Waals surface area contributed by atoms with Crippen molar-refractivity contribution in [1.29, 1.82) is 0 Å². The van der Waals surface area contributed by atoms with E-state index in [1.54, 1.807) is 24.0 Å². The molecule has 0 saturated carbocycles. The second kappa shape index (κ2) is 8.21. The maximum absolute atomic E-state index is 14.3. The number of hydrogen-bond acceptors (Lipinski definition) is 2. The predicted molar refractivity (Wildman–Crippen MR) is 93.5 cm³/mol. The largest absolute Gasteiger partial charge is 0.573 e. The molecule has 0 saturated heterocycles. The first-order chi connectivity index (χ1) is 12.2. The first-order valence-electron chi connectivity index (χ1n) is 8.06. The molecule has 0 aromatic heterocycles. The number of para-hydroxylation sites is 1. The van der Waals surface area contributed by atoms with Gasteiger partial charge in [-0.3, -0.25) is 0 Å². The minimum absolute atomic E-state index is 0.119. The van der Waals surface area contributed by atoms with Crippen molar-refractivity contribution in [3.05, 3.63) is 58.9 Å². The van der Waals surface area contributed by atoms with Crippen molar-refractivity contribution >= 4 is 12.0 Å². The molecule has 0 aliphatic carbocycles. The summed E-state index contributed by atoms with van der Waals surface area (Å²) in [7, 11) is 1.82. The monoisotopic (exact) mass is 368 g/mol. The fourth-order valence-corrected chi connectivity index (χ4v) is 2.32. The van der Waals surface area contributed by atoms with Crippen LogP contribution in [0.5, 0.6) is 5.75 Å². The zero-order valence-corrected chi connectivity index (χ0v) is 14.8. The maximum atomic E-state index is 14.3. The molecular weight excluding hydrogens is 348 g/mol. The van der Waals surface area contributed by atoms with Crippen LogP contribution in [0.4, 0.5) is 23.2 Å². The van der Waals surface area contributed by atoms with Gasteiger partial charge in [-0.15, -0.1) is 13.2 Å². The second-order valence-corrected chi connectivity index (χ2v) is 5.88. The van der Waals surface area contributed by atoms with Crippen LogP contribution in [0.15, 0.2) is 41.4 Å². The molecule has 0 N–H and O–H groups in total. The fraction of sp³-hybridized carbons (Fsp3) is 0.316. The SMILES string of the molecule is CCN(C)C=Nc1cc(C)c(Cc2ccccc2OC(F)(F)F)cc1F. The van der Waals surface area contributed by atoms with Crippen LogP contribution in [0, 0.1) is 12.7 Å². The van der Waals surface area contributed by atoms with E-state index in [1.165, 1.54) is 30.6 Å². The van der Waals surface area contributed by atoms with Crippen LogP contribution in [-0.4, -0.2) is 31.2 Å². The van der Waals surface area contributed by atoms with E-state index in [2.05, 4.69) is 9.73 Å². The Morgan fingerprint density at radius 1 is 1.15 bits per heavy atom. The van der Waals surface area contributed by atoms with Crippen LogP contribution < -0.4 is 4.74 Å². The van der Waals surface area contributed by atoms with Gasteiger partial charge in [0.1, 0.15) is 17.3 Å². The Morgan fingerprint density at radius 3 is 2.50 bits per heavy atom. The average molecular weight is 368 g/mol. The first kappa shape index (κ1) is 19.8. The lowest BCUT2D eigenvalue weighted by Crippen LogP contribution is -2.18. The third-order valence-corrected chi connectivity index (χ3v) is 3.88. The maximum Gasteiger partial charge on any atom is 0.573 e. The van der Waals surface area contributed by atoms with Crippen molar-refractivity contribution in [2.24, 2.45) is 4.99 Å². The lowest BCUT2D eigenvalue weighted by molar-refractivity contribution is -0.274. The summed E-state index contributed by atoms with van der Waals surface area (Å²) < 4.78 is 56.0. The molecule has 2 aromatic carbocycles. The number of halogens is 4. The molecule has 0 atom stereocenters. The van der Waals surface area contributed by atoms with Gasteiger partial charge in [-0.05, 0) is 48.7 Å². The van der Waals surface area contributed by atoms with E-state index >= 15 is 0 Å². The van der Waals surface area contributed by atoms with Crippen molar-refractivity contribution in [3.63, 3.8) is 0 Å². The lowest BCUT2D eigenvalue weighted by Gasteiger charge is -2.14. The molecule has 3 nitrogen and oxygen atoms in total. The lowest BCUT2D eigenvalue weighted by atomic mass is 9.99. The highest BCUT2D eigenvalue weighted by molar-refractivity contribution is 5.62. The van der Waals surface area contributed by atoms with Gasteiger partial charge in [-0.25, -0.2) is 9.38 Å². The summed E-state index contributed by atoms with van der Waals surface area (Å²) in [6.07, 6.45) is -3.13. The number of benzene rings is 2. The molecule has 0 bridgehead atoms. The third kappa shape index (κ3) is 5.47. The van der Waals surface area contributed by atoms with Gasteiger partial charge in [-0.1, -0.05) is 18.2 Å². The molecule has 26 heavy (non-hydrogen) atoms. The van der Waals surface area contributed by atoms with Crippen LogP contribution in [0.25, 0.3) is 0 Å². The fourth-order valence-electron chi connectivity index (χ4n) is 2.32. The van der Waals surface area contributed by atoms with Crippen molar-refractivity contribution in [1.82, 2.24) is 4.90 Å². The number of aryl methyl sites for hydroxylation is 1. The molecule has 0 spiro atoms. The minimum atomic E-state index is -4.78. The summed E-state index contributed by atoms with van der Waals surface area (Å²) >= 11 is 0. The topological polar surface area (TPSA) is 24.8 Å². The summed E-state index contributed by atoms with van der Waals surface area (Å²) in [5.41, 5.74) is 1.82. The summed E-state index contributed by atoms with van der Waals surface area (Å²) in [5, 5.41) is 0. The van der Waals surface area contributed by atoms with E-state index in [9.17, 15) is 17.6 Å². The Labute approximate surface area is 149 Å². The van der Waals surface area contributed by atoms with Crippen LogP contribution in [-0.2, 0) is 6.42 Å². The van der Waals surface area contributed by atoms with Crippen molar-refractivity contribution < 1.29 is 22.3 Å². The molecule has 0 unspecified atom stereocenters. The quantitative estimate of drug-likeness (QED) is 0.396. The Hall–Kier alpha value is -2.57. The van der Waals surface area contributed by atoms with Gasteiger partial charge in [0.15, 0.2) is 0 Å². The molecule has 0 fully saturated rings. The Balaban J connectivity index is 2.29. The van der Waals surface area contributed by atoms with Gasteiger partial charge in [0.25, 0.3) is 0 Å². The number of hydrogen-bond donors (Lipinski definition) is 0. The van der Waals surface area contributed by atoms with Gasteiger partial charge in [0.2, 0.25) is 0 Å². The molecule has 0 amide bonds. The van der Waals surface area contributed by atoms with Crippen LogP contribution in [0.3, 0.4) is 0 Å². The summed E-state index contributed by atoms with van der Waals surface area (Å²) in [4.78, 5) is 5.90. The molecule has 0 heterocycles. The first-order valence-corrected chi connectivity index (χ1v) is 8.06. The molecule has 0 aliphatic rings. The highest BCUT2D eigenvalue weighted by Gasteiger charge is 2.32. The summed E-state index contributed by atoms with van der Waals surface area (Å²) in [6, 6.07) is 8.73. The normalized spacial score (nSPS) is 11.8. The molecule has 140 valence electrons. The number of aliphatic imine (C=N–C) groups is 1. The van der Waals surface area contributed by atoms with E-state index in [0.717, 1.165) is 12.1 Å². The highest BCUT2D eigenvalue weighted by Crippen LogP contribution is 2.30. The van der Waals surface area contributed by atoms with E-state index in [4.69, 9.17) is 0 Å². The summed E-state index contributed by atoms with van der Waals surface area (Å²) in [5.74, 6) is -0.813. The van der Waals surface area contributed by atoms with Crippen LogP contribution in [0.2, 0.25) is 0 Å². The van der Waals surface area contributed by atoms with Crippen molar-refractivity contribution in [2.45, 2.75) is 26.6 Å². The standard InChI is InChI=1S/C19H20F4N2O/c1-4-25(3)12-24-17-9-13(2)15(11-16(17)20)10-14-7-5-6-8-18(14)26-19(21,22)23/h5-9,11-12H,4,10H2,1-3H3. The van der Waals surface area contributed by atoms with Crippen molar-refractivity contribution in [3.8, 4) is 5.75 Å². The predicted octanol–water partition coefficient (Wildman–Crippen LogP) is 5.24. The number of nitrogens with zero attached hydrogens (tertiary/aromatic N) is 2. The van der Waals surface area contributed by atoms with Gasteiger partial charge in [-0.2, -0.15) is 0 Å². The number of rotatable bonds is 6. The minimum Gasteiger partial charge on any atom is -0.405 e. The van der Waals surface area contributed by atoms with Gasteiger partial charge < -0.3 is 9.64 Å². The van der Waals surface area contributed by atoms with Gasteiger partial charge in [0, 0.05) is 20.0 Å². The Kier molecular flexibility index (Phi) is 6.23. The number of ether oxygens (including phenoxy) is 1. The molecular formula is C19H20F4N2O. The Bertz CT molecular complexity index is 788. The Morgan fingerprint density at radius 2 is 1.85 bits per heavy atom. The molecule has 0 aliphatic heterocycles. The van der Waals surface area contributed by atoms with Gasteiger partial charge >= 0.3 is 6.36 Å². The summed E-state index contributed by atoms with van der Waals surface area (Å²) in [6.45, 7) is 4.44. The molecule has 2 rings (SSSR count). The molecule has 0 radical (unpaired) electrons. The highest BCUT2D eigenvalue weighted by atomic mass is 19.4. The van der Waals surface area contributed by atoms with Crippen LogP contribution >= 0.6 is 0 Å². The number of alkyl halides is 3. The second-order valence-electron chi connectivity index (χ2n) is 5.88. The average Bonchev–Trinajstić information content (AvgIpc) is 2.56. The zero-order valence-electron chi connectivity index (χ0n) is 14.8. The van der Waals surface area contributed by atoms with Gasteiger partial charge in [0.05, 0.1) is 6.34 Å². The zero-order chi connectivity index (χ0) is 19.3. The molecule has 7 heteroatoms. The van der Waals surface area contributed by atoms with Crippen LogP contribution in [0.1, 0.15) is 23.6 Å². The third-order valence-electron chi connectivity index (χ3n) is 3.88. The van der Waals surface area contributed by atoms with E-state index in [0.29, 0.717) is 11.1 Å². The smallest absolute Gasteiger partial charge is 0.405 e. The van der Waals surface area contributed by atoms with Crippen molar-refractivity contribution in [2.75, 3.05) is 13.6 Å².